The average Bonchev–Trinajstić information content (AvgIpc) is 2.34. The van der Waals surface area contributed by atoms with E-state index in [0.717, 1.165) is 32.5 Å². The fraction of sp³-hybridized carbons (Fsp3) is 1.00. The van der Waals surface area contributed by atoms with Crippen molar-refractivity contribution >= 4 is 0 Å². The molecular weight excluding hydrogens is 230 g/mol. The molecular formula is C14H29NO3. The number of ether oxygens (including phenoxy) is 2. The van der Waals surface area contributed by atoms with Gasteiger partial charge in [0, 0.05) is 19.2 Å². The van der Waals surface area contributed by atoms with Crippen molar-refractivity contribution in [1.82, 2.24) is 5.32 Å². The zero-order valence-corrected chi connectivity index (χ0v) is 12.0. The Kier molecular flexibility index (Phi) is 7.82. The molecule has 0 radical (unpaired) electrons. The fourth-order valence-electron chi connectivity index (χ4n) is 2.27. The molecule has 0 amide bonds. The van der Waals surface area contributed by atoms with E-state index < -0.39 is 6.10 Å². The minimum absolute atomic E-state index is 0.220. The van der Waals surface area contributed by atoms with Gasteiger partial charge in [0.15, 0.2) is 0 Å². The van der Waals surface area contributed by atoms with E-state index in [9.17, 15) is 5.11 Å². The molecule has 0 saturated carbocycles. The monoisotopic (exact) mass is 259 g/mol. The molecule has 1 heterocycles. The van der Waals surface area contributed by atoms with Gasteiger partial charge in [-0.25, -0.2) is 0 Å². The van der Waals surface area contributed by atoms with Gasteiger partial charge in [-0.1, -0.05) is 13.8 Å². The third-order valence-corrected chi connectivity index (χ3v) is 3.18. The Labute approximate surface area is 111 Å². The molecule has 3 atom stereocenters. The van der Waals surface area contributed by atoms with Gasteiger partial charge in [0.25, 0.3) is 0 Å². The molecule has 0 bridgehead atoms. The van der Waals surface area contributed by atoms with E-state index in [0.29, 0.717) is 25.1 Å². The van der Waals surface area contributed by atoms with Gasteiger partial charge in [-0.05, 0) is 32.1 Å². The number of hydrogen-bond acceptors (Lipinski definition) is 4. The number of aliphatic hydroxyl groups excluding tert-OH is 1. The molecule has 4 heteroatoms. The summed E-state index contributed by atoms with van der Waals surface area (Å²) < 4.78 is 11.0. The van der Waals surface area contributed by atoms with Crippen LogP contribution in [-0.2, 0) is 9.47 Å². The van der Waals surface area contributed by atoms with Crippen LogP contribution in [0.5, 0.6) is 0 Å². The molecule has 108 valence electrons. The number of rotatable bonds is 8. The van der Waals surface area contributed by atoms with Crippen molar-refractivity contribution in [3.8, 4) is 0 Å². The first-order valence-electron chi connectivity index (χ1n) is 7.18. The molecule has 0 aromatic heterocycles. The quantitative estimate of drug-likeness (QED) is 0.695. The number of aliphatic hydroxyl groups is 1. The van der Waals surface area contributed by atoms with E-state index in [2.05, 4.69) is 26.1 Å². The normalized spacial score (nSPS) is 24.2. The van der Waals surface area contributed by atoms with E-state index >= 15 is 0 Å². The first-order chi connectivity index (χ1) is 8.58. The largest absolute Gasteiger partial charge is 0.389 e. The van der Waals surface area contributed by atoms with Crippen molar-refractivity contribution in [3.05, 3.63) is 0 Å². The maximum absolute atomic E-state index is 9.83. The minimum atomic E-state index is -0.429. The maximum atomic E-state index is 9.83. The zero-order valence-electron chi connectivity index (χ0n) is 12.0. The van der Waals surface area contributed by atoms with Crippen LogP contribution in [0.15, 0.2) is 0 Å². The van der Waals surface area contributed by atoms with Crippen molar-refractivity contribution in [2.75, 3.05) is 26.4 Å². The van der Waals surface area contributed by atoms with Crippen LogP contribution in [0.2, 0.25) is 0 Å². The lowest BCUT2D eigenvalue weighted by molar-refractivity contribution is -0.0120. The summed E-state index contributed by atoms with van der Waals surface area (Å²) in [5.74, 6) is 0.634. The van der Waals surface area contributed by atoms with Crippen LogP contribution in [0.3, 0.4) is 0 Å². The highest BCUT2D eigenvalue weighted by molar-refractivity contribution is 4.72. The predicted molar refractivity (Wildman–Crippen MR) is 72.7 cm³/mol. The van der Waals surface area contributed by atoms with Crippen LogP contribution in [0, 0.1) is 5.92 Å². The molecule has 1 aliphatic rings. The molecule has 1 saturated heterocycles. The molecule has 3 unspecified atom stereocenters. The van der Waals surface area contributed by atoms with Gasteiger partial charge < -0.3 is 19.9 Å². The first kappa shape index (κ1) is 15.9. The summed E-state index contributed by atoms with van der Waals surface area (Å²) in [6.07, 6.45) is 3.07. The smallest absolute Gasteiger partial charge is 0.0897 e. The van der Waals surface area contributed by atoms with E-state index in [1.165, 1.54) is 0 Å². The highest BCUT2D eigenvalue weighted by atomic mass is 16.5. The maximum Gasteiger partial charge on any atom is 0.0897 e. The first-order valence-corrected chi connectivity index (χ1v) is 7.18. The SMILES string of the molecule is CC(C)CC(C)OCC(O)CNC1CCCOC1. The summed E-state index contributed by atoms with van der Waals surface area (Å²) in [4.78, 5) is 0. The average molecular weight is 259 g/mol. The molecule has 0 aromatic carbocycles. The summed E-state index contributed by atoms with van der Waals surface area (Å²) in [5, 5.41) is 13.2. The predicted octanol–water partition coefficient (Wildman–Crippen LogP) is 1.57. The van der Waals surface area contributed by atoms with Gasteiger partial charge in [-0.15, -0.1) is 0 Å². The highest BCUT2D eigenvalue weighted by Gasteiger charge is 2.15. The van der Waals surface area contributed by atoms with Crippen LogP contribution < -0.4 is 5.32 Å². The van der Waals surface area contributed by atoms with Crippen molar-refractivity contribution in [3.63, 3.8) is 0 Å². The van der Waals surface area contributed by atoms with Gasteiger partial charge in [-0.3, -0.25) is 0 Å². The number of nitrogens with one attached hydrogen (secondary N) is 1. The Balaban J connectivity index is 2.04. The molecule has 4 nitrogen and oxygen atoms in total. The lowest BCUT2D eigenvalue weighted by Gasteiger charge is -2.25. The second kappa shape index (κ2) is 8.86. The van der Waals surface area contributed by atoms with Crippen LogP contribution >= 0.6 is 0 Å². The second-order valence-corrected chi connectivity index (χ2v) is 5.75. The van der Waals surface area contributed by atoms with Crippen LogP contribution in [0.1, 0.15) is 40.0 Å². The summed E-state index contributed by atoms with van der Waals surface area (Å²) >= 11 is 0. The van der Waals surface area contributed by atoms with Crippen molar-refractivity contribution in [2.45, 2.75) is 58.3 Å². The molecule has 1 aliphatic heterocycles. The minimum Gasteiger partial charge on any atom is -0.389 e. The Morgan fingerprint density at radius 2 is 2.17 bits per heavy atom. The van der Waals surface area contributed by atoms with Crippen molar-refractivity contribution in [2.24, 2.45) is 5.92 Å². The molecule has 0 spiro atoms. The van der Waals surface area contributed by atoms with Crippen molar-refractivity contribution < 1.29 is 14.6 Å². The lowest BCUT2D eigenvalue weighted by atomic mass is 10.1. The molecule has 0 aliphatic carbocycles. The Morgan fingerprint density at radius 1 is 1.39 bits per heavy atom. The summed E-state index contributed by atoms with van der Waals surface area (Å²) in [6.45, 7) is 9.06. The molecule has 1 rings (SSSR count). The van der Waals surface area contributed by atoms with Gasteiger partial charge in [0.05, 0.1) is 25.4 Å². The van der Waals surface area contributed by atoms with E-state index in [4.69, 9.17) is 9.47 Å². The highest BCUT2D eigenvalue weighted by Crippen LogP contribution is 2.08. The lowest BCUT2D eigenvalue weighted by Crippen LogP contribution is -2.42. The zero-order chi connectivity index (χ0) is 13.4. The van der Waals surface area contributed by atoms with E-state index in [1.807, 2.05) is 0 Å². The van der Waals surface area contributed by atoms with Gasteiger partial charge in [0.1, 0.15) is 0 Å². The second-order valence-electron chi connectivity index (χ2n) is 5.75. The molecule has 1 fully saturated rings. The Morgan fingerprint density at radius 3 is 2.78 bits per heavy atom. The van der Waals surface area contributed by atoms with Crippen LogP contribution in [-0.4, -0.2) is 49.7 Å². The van der Waals surface area contributed by atoms with E-state index in [1.54, 1.807) is 0 Å². The topological polar surface area (TPSA) is 50.7 Å². The third kappa shape index (κ3) is 7.31. The molecule has 2 N–H and O–H groups in total. The Hall–Kier alpha value is -0.160. The molecule has 18 heavy (non-hydrogen) atoms. The summed E-state index contributed by atoms with van der Waals surface area (Å²) in [5.41, 5.74) is 0. The Bertz CT molecular complexity index is 205. The third-order valence-electron chi connectivity index (χ3n) is 3.18. The number of hydrogen-bond donors (Lipinski definition) is 2. The van der Waals surface area contributed by atoms with Crippen LogP contribution in [0.4, 0.5) is 0 Å². The summed E-state index contributed by atoms with van der Waals surface area (Å²) in [6, 6.07) is 0.390. The van der Waals surface area contributed by atoms with Crippen molar-refractivity contribution in [1.29, 1.82) is 0 Å². The van der Waals surface area contributed by atoms with E-state index in [-0.39, 0.29) is 6.10 Å². The fourth-order valence-corrected chi connectivity index (χ4v) is 2.27. The van der Waals surface area contributed by atoms with Gasteiger partial charge in [-0.2, -0.15) is 0 Å². The van der Waals surface area contributed by atoms with Gasteiger partial charge >= 0.3 is 0 Å². The molecule has 0 aromatic rings. The van der Waals surface area contributed by atoms with Gasteiger partial charge in [0.2, 0.25) is 0 Å². The standard InChI is InChI=1S/C14H29NO3/c1-11(2)7-12(3)18-10-14(16)8-15-13-5-4-6-17-9-13/h11-16H,4-10H2,1-3H3. The summed E-state index contributed by atoms with van der Waals surface area (Å²) in [7, 11) is 0. The van der Waals surface area contributed by atoms with Crippen LogP contribution in [0.25, 0.3) is 0 Å².